The maximum atomic E-state index is 8.99. The summed E-state index contributed by atoms with van der Waals surface area (Å²) in [4.78, 5) is 0.910. The molecule has 88 valence electrons. The molecule has 0 radical (unpaired) electrons. The summed E-state index contributed by atoms with van der Waals surface area (Å²) in [5.41, 5.74) is 2.63. The molecule has 0 aliphatic heterocycles. The van der Waals surface area contributed by atoms with Gasteiger partial charge < -0.3 is 0 Å². The van der Waals surface area contributed by atoms with Crippen molar-refractivity contribution >= 4 is 23.7 Å². The van der Waals surface area contributed by atoms with Gasteiger partial charge in [0.1, 0.15) is 6.07 Å². The van der Waals surface area contributed by atoms with Crippen LogP contribution >= 0.6 is 11.5 Å². The molecule has 0 atom stereocenters. The predicted molar refractivity (Wildman–Crippen MR) is 76.1 cm³/mol. The molecule has 0 spiro atoms. The highest BCUT2D eigenvalue weighted by atomic mass is 32.1. The summed E-state index contributed by atoms with van der Waals surface area (Å²) < 4.78 is 4.17. The van der Waals surface area contributed by atoms with Crippen LogP contribution in [0.3, 0.4) is 0 Å². The van der Waals surface area contributed by atoms with Gasteiger partial charge in [-0.2, -0.15) is 9.64 Å². The van der Waals surface area contributed by atoms with E-state index in [1.807, 2.05) is 61.6 Å². The zero-order chi connectivity index (χ0) is 12.8. The average molecular weight is 252 g/mol. The van der Waals surface area contributed by atoms with Gasteiger partial charge in [-0.25, -0.2) is 0 Å². The molecule has 1 aromatic heterocycles. The topological polar surface area (TPSA) is 36.7 Å². The number of rotatable bonds is 3. The highest BCUT2D eigenvalue weighted by molar-refractivity contribution is 7.07. The molecular formula is C15H12N2S. The van der Waals surface area contributed by atoms with Crippen LogP contribution in [0.15, 0.2) is 42.5 Å². The minimum Gasteiger partial charge on any atom is -0.196 e. The Hall–Kier alpha value is -2.18. The van der Waals surface area contributed by atoms with Crippen molar-refractivity contribution in [1.82, 2.24) is 4.37 Å². The summed E-state index contributed by atoms with van der Waals surface area (Å²) in [5.74, 6) is 0. The standard InChI is InChI=1S/C15H12N2S/c1-12-14(11-16)15(18-17-12)10-6-5-9-13-7-3-2-4-8-13/h2-10H,1H3/b9-5+,10-6+. The second-order valence-electron chi connectivity index (χ2n) is 3.75. The number of benzene rings is 1. The van der Waals surface area contributed by atoms with E-state index in [1.54, 1.807) is 0 Å². The van der Waals surface area contributed by atoms with Crippen molar-refractivity contribution in [3.8, 4) is 6.07 Å². The van der Waals surface area contributed by atoms with Crippen molar-refractivity contribution in [3.05, 3.63) is 64.2 Å². The van der Waals surface area contributed by atoms with Crippen molar-refractivity contribution in [3.63, 3.8) is 0 Å². The summed E-state index contributed by atoms with van der Waals surface area (Å²) >= 11 is 1.35. The lowest BCUT2D eigenvalue weighted by atomic mass is 10.2. The maximum Gasteiger partial charge on any atom is 0.103 e. The largest absolute Gasteiger partial charge is 0.196 e. The molecule has 0 saturated heterocycles. The Kier molecular flexibility index (Phi) is 4.06. The molecule has 0 amide bonds. The van der Waals surface area contributed by atoms with Gasteiger partial charge in [-0.15, -0.1) is 0 Å². The van der Waals surface area contributed by atoms with Crippen molar-refractivity contribution in [2.75, 3.05) is 0 Å². The highest BCUT2D eigenvalue weighted by Gasteiger charge is 2.05. The van der Waals surface area contributed by atoms with Crippen molar-refractivity contribution in [2.45, 2.75) is 6.92 Å². The first kappa shape index (κ1) is 12.3. The van der Waals surface area contributed by atoms with Gasteiger partial charge in [-0.1, -0.05) is 48.6 Å². The number of hydrogen-bond acceptors (Lipinski definition) is 3. The van der Waals surface area contributed by atoms with Crippen LogP contribution in [-0.2, 0) is 0 Å². The summed E-state index contributed by atoms with van der Waals surface area (Å²) in [6, 6.07) is 12.3. The van der Waals surface area contributed by atoms with E-state index in [4.69, 9.17) is 5.26 Å². The van der Waals surface area contributed by atoms with Crippen molar-refractivity contribution < 1.29 is 0 Å². The van der Waals surface area contributed by atoms with Crippen LogP contribution < -0.4 is 0 Å². The zero-order valence-electron chi connectivity index (χ0n) is 10.00. The van der Waals surface area contributed by atoms with Gasteiger partial charge in [0.15, 0.2) is 0 Å². The third-order valence-electron chi connectivity index (χ3n) is 2.45. The van der Waals surface area contributed by atoms with E-state index < -0.39 is 0 Å². The third kappa shape index (κ3) is 2.93. The van der Waals surface area contributed by atoms with Gasteiger partial charge in [0.2, 0.25) is 0 Å². The lowest BCUT2D eigenvalue weighted by Crippen LogP contribution is -1.76. The predicted octanol–water partition coefficient (Wildman–Crippen LogP) is 4.05. The molecule has 0 fully saturated rings. The smallest absolute Gasteiger partial charge is 0.103 e. The summed E-state index contributed by atoms with van der Waals surface area (Å²) in [5, 5.41) is 8.99. The Morgan fingerprint density at radius 1 is 1.17 bits per heavy atom. The Bertz CT molecular complexity index is 616. The quantitative estimate of drug-likeness (QED) is 0.773. The molecule has 0 unspecified atom stereocenters. The van der Waals surface area contributed by atoms with Crippen molar-refractivity contribution in [1.29, 1.82) is 5.26 Å². The normalized spacial score (nSPS) is 11.1. The first-order valence-corrected chi connectivity index (χ1v) is 6.35. The molecular weight excluding hydrogens is 240 g/mol. The first-order valence-electron chi connectivity index (χ1n) is 5.57. The molecule has 2 nitrogen and oxygen atoms in total. The van der Waals surface area contributed by atoms with E-state index in [1.165, 1.54) is 11.5 Å². The Labute approximate surface area is 111 Å². The monoisotopic (exact) mass is 252 g/mol. The van der Waals surface area contributed by atoms with E-state index in [9.17, 15) is 0 Å². The summed E-state index contributed by atoms with van der Waals surface area (Å²) in [7, 11) is 0. The van der Waals surface area contributed by atoms with Crippen molar-refractivity contribution in [2.24, 2.45) is 0 Å². The van der Waals surface area contributed by atoms with E-state index in [-0.39, 0.29) is 0 Å². The van der Waals surface area contributed by atoms with E-state index in [0.29, 0.717) is 5.56 Å². The molecule has 1 aromatic carbocycles. The molecule has 2 rings (SSSR count). The number of aryl methyl sites for hydroxylation is 1. The maximum absolute atomic E-state index is 8.99. The lowest BCUT2D eigenvalue weighted by Gasteiger charge is -1.89. The van der Waals surface area contributed by atoms with E-state index in [2.05, 4.69) is 10.4 Å². The van der Waals surface area contributed by atoms with Gasteiger partial charge in [0.05, 0.1) is 16.1 Å². The second kappa shape index (κ2) is 5.95. The van der Waals surface area contributed by atoms with Gasteiger partial charge >= 0.3 is 0 Å². The van der Waals surface area contributed by atoms with Crippen LogP contribution in [0, 0.1) is 18.3 Å². The molecule has 0 bridgehead atoms. The van der Waals surface area contributed by atoms with Crippen LogP contribution in [0.1, 0.15) is 21.7 Å². The van der Waals surface area contributed by atoms with E-state index >= 15 is 0 Å². The molecule has 0 aliphatic carbocycles. The molecule has 0 N–H and O–H groups in total. The average Bonchev–Trinajstić information content (AvgIpc) is 2.76. The molecule has 2 aromatic rings. The third-order valence-corrected chi connectivity index (χ3v) is 3.35. The number of aromatic nitrogens is 1. The Morgan fingerprint density at radius 2 is 1.89 bits per heavy atom. The summed E-state index contributed by atoms with van der Waals surface area (Å²) in [6.07, 6.45) is 7.84. The minimum absolute atomic E-state index is 0.671. The van der Waals surface area contributed by atoms with Gasteiger partial charge in [-0.05, 0) is 30.1 Å². The van der Waals surface area contributed by atoms with Crippen LogP contribution in [0.4, 0.5) is 0 Å². The van der Waals surface area contributed by atoms with Gasteiger partial charge in [0.25, 0.3) is 0 Å². The minimum atomic E-state index is 0.671. The van der Waals surface area contributed by atoms with Gasteiger partial charge in [0, 0.05) is 0 Å². The van der Waals surface area contributed by atoms with E-state index in [0.717, 1.165) is 16.1 Å². The zero-order valence-corrected chi connectivity index (χ0v) is 10.8. The van der Waals surface area contributed by atoms with Gasteiger partial charge in [-0.3, -0.25) is 0 Å². The summed E-state index contributed by atoms with van der Waals surface area (Å²) in [6.45, 7) is 1.85. The Balaban J connectivity index is 2.09. The number of nitrogens with zero attached hydrogens (tertiary/aromatic N) is 2. The molecule has 0 aliphatic rings. The van der Waals surface area contributed by atoms with Crippen LogP contribution in [0.5, 0.6) is 0 Å². The number of allylic oxidation sites excluding steroid dienone is 2. The molecule has 18 heavy (non-hydrogen) atoms. The highest BCUT2D eigenvalue weighted by Crippen LogP contribution is 2.18. The molecule has 1 heterocycles. The second-order valence-corrected chi connectivity index (χ2v) is 4.55. The number of nitriles is 1. The molecule has 3 heteroatoms. The fourth-order valence-corrected chi connectivity index (χ4v) is 2.26. The number of hydrogen-bond donors (Lipinski definition) is 0. The van der Waals surface area contributed by atoms with Crippen LogP contribution in [0.25, 0.3) is 12.2 Å². The van der Waals surface area contributed by atoms with Crippen LogP contribution in [-0.4, -0.2) is 4.37 Å². The SMILES string of the molecule is Cc1nsc(/C=C/C=C/c2ccccc2)c1C#N. The Morgan fingerprint density at radius 3 is 2.61 bits per heavy atom. The lowest BCUT2D eigenvalue weighted by molar-refractivity contribution is 1.31. The fraction of sp³-hybridized carbons (Fsp3) is 0.0667. The molecule has 0 saturated carbocycles. The van der Waals surface area contributed by atoms with Crippen LogP contribution in [0.2, 0.25) is 0 Å². The fourth-order valence-electron chi connectivity index (χ4n) is 1.51. The first-order chi connectivity index (χ1) is 8.81.